The van der Waals surface area contributed by atoms with E-state index in [0.29, 0.717) is 48.9 Å². The largest absolute Gasteiger partial charge is 0.327 e. The summed E-state index contributed by atoms with van der Waals surface area (Å²) in [7, 11) is 0. The van der Waals surface area contributed by atoms with Crippen LogP contribution in [0.2, 0.25) is 5.02 Å². The summed E-state index contributed by atoms with van der Waals surface area (Å²) in [4.78, 5) is 64.7. The second kappa shape index (κ2) is 13.8. The normalized spacial score (nSPS) is 22.8. The minimum Gasteiger partial charge on any atom is -0.327 e. The van der Waals surface area contributed by atoms with Gasteiger partial charge in [0.1, 0.15) is 29.7 Å². The maximum Gasteiger partial charge on any atom is 0.245 e. The van der Waals surface area contributed by atoms with E-state index >= 15 is 0 Å². The number of Topliss-reactive ketones (excluding diaryl/α,β-unsaturated/α-hetero) is 3. The standard InChI is InChI=1S/C39H41ClFN5O4/c1-23(47)37-30-17-27(28-20-42-24(2)43-21-28)16-26-8-5-3-4-6-10-29(48)14-15-39-18-32(33(49)13-12-25-9-7-11-31(40)36(25)41)46(34(39)19-39)35(50)22-45(44-37)38(26)30/h7,9,11,16-17,20-21,32,34H,3-6,8,10,12-15,18-19,22H2,1-2H3/t32-,34+,39-/m0/s1. The molecule has 0 spiro atoms. The molecule has 3 aliphatic rings. The zero-order chi connectivity index (χ0) is 35.2. The number of hydrogen-bond donors (Lipinski definition) is 0. The first-order valence-electron chi connectivity index (χ1n) is 17.7. The van der Waals surface area contributed by atoms with E-state index in [4.69, 9.17) is 16.7 Å². The predicted octanol–water partition coefficient (Wildman–Crippen LogP) is 7.21. The number of nitrogens with zero attached hydrogens (tertiary/aromatic N) is 5. The van der Waals surface area contributed by atoms with E-state index in [9.17, 15) is 23.6 Å². The molecule has 1 amide bonds. The first kappa shape index (κ1) is 34.2. The molecular formula is C39H41ClFN5O4. The molecule has 0 unspecified atom stereocenters. The minimum atomic E-state index is -0.681. The van der Waals surface area contributed by atoms with E-state index in [1.54, 1.807) is 34.1 Å². The van der Waals surface area contributed by atoms with Crippen LogP contribution in [0.25, 0.3) is 22.0 Å². The van der Waals surface area contributed by atoms with Crippen LogP contribution in [0, 0.1) is 18.2 Å². The monoisotopic (exact) mass is 697 g/mol. The SMILES string of the molecule is CC(=O)c1nn2c3c(cc(-c4cnc(C)nc4)cc13)CCCCCCC(=O)CC[C@@]13C[C@@H](C(=O)CCc4cccc(Cl)c4F)N(C(=O)C2)[C@@H]1C3. The molecule has 2 bridgehead atoms. The highest BCUT2D eigenvalue weighted by molar-refractivity contribution is 6.30. The molecule has 9 nitrogen and oxygen atoms in total. The summed E-state index contributed by atoms with van der Waals surface area (Å²) in [6, 6.07) is 7.91. The van der Waals surface area contributed by atoms with Crippen LogP contribution in [0.4, 0.5) is 4.39 Å². The van der Waals surface area contributed by atoms with Crippen LogP contribution in [-0.2, 0) is 33.8 Å². The van der Waals surface area contributed by atoms with Crippen molar-refractivity contribution in [1.82, 2.24) is 24.6 Å². The lowest BCUT2D eigenvalue weighted by atomic mass is 9.89. The second-order valence-corrected chi connectivity index (χ2v) is 14.8. The Morgan fingerprint density at radius 2 is 1.76 bits per heavy atom. The molecule has 2 aromatic heterocycles. The smallest absolute Gasteiger partial charge is 0.245 e. The second-order valence-electron chi connectivity index (χ2n) is 14.3. The number of aryl methyl sites for hydroxylation is 3. The molecule has 0 radical (unpaired) electrons. The van der Waals surface area contributed by atoms with Crippen molar-refractivity contribution < 1.29 is 23.6 Å². The number of benzene rings is 2. The Kier molecular flexibility index (Phi) is 9.41. The van der Waals surface area contributed by atoms with Gasteiger partial charge in [0, 0.05) is 55.6 Å². The third-order valence-corrected chi connectivity index (χ3v) is 11.3. The Labute approximate surface area is 295 Å². The van der Waals surface area contributed by atoms with Gasteiger partial charge in [-0.3, -0.25) is 23.9 Å². The molecule has 3 atom stereocenters. The summed E-state index contributed by atoms with van der Waals surface area (Å²) in [6.07, 6.45) is 10.8. The molecule has 50 heavy (non-hydrogen) atoms. The van der Waals surface area contributed by atoms with Crippen molar-refractivity contribution >= 4 is 45.8 Å². The third kappa shape index (κ3) is 6.62. The van der Waals surface area contributed by atoms with Gasteiger partial charge in [0.05, 0.1) is 16.6 Å². The highest BCUT2D eigenvalue weighted by Gasteiger charge is 2.66. The number of halogens is 2. The van der Waals surface area contributed by atoms with Crippen molar-refractivity contribution in [2.45, 2.75) is 110 Å². The van der Waals surface area contributed by atoms with Crippen molar-refractivity contribution in [3.05, 3.63) is 76.2 Å². The van der Waals surface area contributed by atoms with Crippen LogP contribution in [0.5, 0.6) is 0 Å². The van der Waals surface area contributed by atoms with E-state index in [0.717, 1.165) is 54.3 Å². The molecule has 2 aromatic carbocycles. The predicted molar refractivity (Wildman–Crippen MR) is 187 cm³/mol. The number of carbonyl (C=O) groups is 4. The number of hydrogen-bond acceptors (Lipinski definition) is 7. The number of amides is 1. The third-order valence-electron chi connectivity index (χ3n) is 11.0. The summed E-state index contributed by atoms with van der Waals surface area (Å²) in [5.41, 5.74) is 3.74. The Bertz CT molecular complexity index is 2010. The molecular weight excluding hydrogens is 657 g/mol. The van der Waals surface area contributed by atoms with E-state index < -0.39 is 11.9 Å². The molecule has 1 saturated carbocycles. The van der Waals surface area contributed by atoms with Gasteiger partial charge >= 0.3 is 0 Å². The van der Waals surface area contributed by atoms with Gasteiger partial charge in [-0.05, 0) is 92.2 Å². The average molecular weight is 698 g/mol. The molecule has 7 rings (SSSR count). The Hall–Kier alpha value is -4.31. The van der Waals surface area contributed by atoms with Gasteiger partial charge in [0.25, 0.3) is 0 Å². The van der Waals surface area contributed by atoms with Crippen LogP contribution in [0.3, 0.4) is 0 Å². The van der Waals surface area contributed by atoms with Crippen molar-refractivity contribution in [3.63, 3.8) is 0 Å². The van der Waals surface area contributed by atoms with E-state index in [1.165, 1.54) is 13.0 Å². The van der Waals surface area contributed by atoms with Gasteiger partial charge in [-0.25, -0.2) is 14.4 Å². The fourth-order valence-corrected chi connectivity index (χ4v) is 8.38. The number of ketones is 3. The molecule has 11 heteroatoms. The van der Waals surface area contributed by atoms with Gasteiger partial charge in [-0.2, -0.15) is 5.10 Å². The van der Waals surface area contributed by atoms with E-state index in [1.807, 2.05) is 13.0 Å². The highest BCUT2D eigenvalue weighted by atomic mass is 35.5. The molecule has 4 heterocycles. The summed E-state index contributed by atoms with van der Waals surface area (Å²) < 4.78 is 16.3. The Balaban J connectivity index is 1.26. The van der Waals surface area contributed by atoms with E-state index in [2.05, 4.69) is 16.0 Å². The molecule has 2 fully saturated rings. The molecule has 0 N–H and O–H groups in total. The van der Waals surface area contributed by atoms with Crippen LogP contribution >= 0.6 is 11.6 Å². The zero-order valence-electron chi connectivity index (χ0n) is 28.5. The van der Waals surface area contributed by atoms with Gasteiger partial charge < -0.3 is 4.90 Å². The van der Waals surface area contributed by atoms with Gasteiger partial charge in [-0.1, -0.05) is 36.6 Å². The Morgan fingerprint density at radius 1 is 1.00 bits per heavy atom. The molecule has 1 aliphatic carbocycles. The van der Waals surface area contributed by atoms with Crippen molar-refractivity contribution in [2.24, 2.45) is 5.41 Å². The number of rotatable bonds is 6. The summed E-state index contributed by atoms with van der Waals surface area (Å²) >= 11 is 5.99. The fourth-order valence-electron chi connectivity index (χ4n) is 8.19. The average Bonchev–Trinajstić information content (AvgIpc) is 3.50. The lowest BCUT2D eigenvalue weighted by molar-refractivity contribution is -0.139. The maximum atomic E-state index is 14.7. The highest BCUT2D eigenvalue weighted by Crippen LogP contribution is 2.62. The van der Waals surface area contributed by atoms with Gasteiger partial charge in [0.15, 0.2) is 11.6 Å². The summed E-state index contributed by atoms with van der Waals surface area (Å²) in [5.74, 6) is -0.245. The number of aromatic nitrogens is 4. The van der Waals surface area contributed by atoms with Crippen LogP contribution in [0.1, 0.15) is 98.6 Å². The van der Waals surface area contributed by atoms with Gasteiger partial charge in [0.2, 0.25) is 5.91 Å². The van der Waals surface area contributed by atoms with E-state index in [-0.39, 0.29) is 64.8 Å². The quantitative estimate of drug-likeness (QED) is 0.196. The van der Waals surface area contributed by atoms with Crippen molar-refractivity contribution in [3.8, 4) is 11.1 Å². The van der Waals surface area contributed by atoms with Crippen molar-refractivity contribution in [1.29, 1.82) is 0 Å². The van der Waals surface area contributed by atoms with Crippen molar-refractivity contribution in [2.75, 3.05) is 0 Å². The lowest BCUT2D eigenvalue weighted by Crippen LogP contribution is -2.44. The molecule has 4 aromatic rings. The molecule has 260 valence electrons. The maximum absolute atomic E-state index is 14.7. The first-order valence-corrected chi connectivity index (χ1v) is 18.0. The summed E-state index contributed by atoms with van der Waals surface area (Å²) in [5, 5.41) is 5.41. The minimum absolute atomic E-state index is 0.00668. The topological polar surface area (TPSA) is 115 Å². The zero-order valence-corrected chi connectivity index (χ0v) is 29.3. The Morgan fingerprint density at radius 3 is 2.52 bits per heavy atom. The lowest BCUT2D eigenvalue weighted by Gasteiger charge is -2.27. The van der Waals surface area contributed by atoms with Crippen LogP contribution in [0.15, 0.2) is 42.7 Å². The molecule has 1 saturated heterocycles. The fraction of sp³-hybridized carbons (Fsp3) is 0.462. The number of carbonyl (C=O) groups excluding carboxylic acids is 4. The molecule has 2 aliphatic heterocycles. The first-order chi connectivity index (χ1) is 24.0. The summed E-state index contributed by atoms with van der Waals surface area (Å²) in [6.45, 7) is 3.17. The van der Waals surface area contributed by atoms with Crippen LogP contribution in [-0.4, -0.2) is 60.0 Å². The van der Waals surface area contributed by atoms with Gasteiger partial charge in [-0.15, -0.1) is 0 Å². The number of piperidine rings is 1. The van der Waals surface area contributed by atoms with Crippen LogP contribution < -0.4 is 0 Å².